The highest BCUT2D eigenvalue weighted by molar-refractivity contribution is 7.80. The molecule has 0 aliphatic heterocycles. The lowest BCUT2D eigenvalue weighted by Gasteiger charge is -2.14. The first-order chi connectivity index (χ1) is 8.01. The summed E-state index contributed by atoms with van der Waals surface area (Å²) in [5, 5.41) is 4.97. The van der Waals surface area contributed by atoms with E-state index in [0.29, 0.717) is 0 Å². The maximum absolute atomic E-state index is 11.4. The third kappa shape index (κ3) is 7.62. The molecule has 0 aliphatic carbocycles. The van der Waals surface area contributed by atoms with Crippen LogP contribution < -0.4 is 10.6 Å². The lowest BCUT2D eigenvalue weighted by atomic mass is 10.3. The van der Waals surface area contributed by atoms with E-state index in [1.807, 2.05) is 0 Å². The Kier molecular flexibility index (Phi) is 8.21. The minimum Gasteiger partial charge on any atom is -0.464 e. The second kappa shape index (κ2) is 8.86. The molecule has 1 atom stereocenters. The highest BCUT2D eigenvalue weighted by Gasteiger charge is 2.19. The summed E-state index contributed by atoms with van der Waals surface area (Å²) in [7, 11) is 0. The first kappa shape index (κ1) is 15.8. The van der Waals surface area contributed by atoms with Gasteiger partial charge in [0.1, 0.15) is 6.04 Å². The van der Waals surface area contributed by atoms with Gasteiger partial charge in [0, 0.05) is 25.6 Å². The van der Waals surface area contributed by atoms with Gasteiger partial charge in [0.2, 0.25) is 11.8 Å². The Labute approximate surface area is 106 Å². The average Bonchev–Trinajstić information content (AvgIpc) is 2.25. The van der Waals surface area contributed by atoms with Crippen molar-refractivity contribution in [2.75, 3.05) is 18.9 Å². The third-order valence-corrected chi connectivity index (χ3v) is 2.18. The number of rotatable bonds is 7. The van der Waals surface area contributed by atoms with E-state index in [1.54, 1.807) is 6.92 Å². The molecule has 0 aromatic rings. The van der Waals surface area contributed by atoms with Crippen LogP contribution in [0.15, 0.2) is 0 Å². The van der Waals surface area contributed by atoms with Gasteiger partial charge in [0.05, 0.1) is 6.61 Å². The Morgan fingerprint density at radius 3 is 2.47 bits per heavy atom. The number of hydrogen-bond acceptors (Lipinski definition) is 5. The zero-order chi connectivity index (χ0) is 13.3. The Bertz CT molecular complexity index is 283. The van der Waals surface area contributed by atoms with E-state index in [1.165, 1.54) is 6.92 Å². The molecule has 0 saturated heterocycles. The van der Waals surface area contributed by atoms with Gasteiger partial charge in [0.15, 0.2) is 0 Å². The second-order valence-electron chi connectivity index (χ2n) is 3.29. The van der Waals surface area contributed by atoms with Crippen molar-refractivity contribution in [3.63, 3.8) is 0 Å². The molecule has 17 heavy (non-hydrogen) atoms. The standard InChI is InChI=1S/C10H18N2O4S/c1-3-16-10(15)8(6-17)12-9(14)4-5-11-7(2)13/h8,17H,3-6H2,1-2H3,(H,11,13)(H,12,14). The Hall–Kier alpha value is -1.24. The molecule has 0 aromatic carbocycles. The van der Waals surface area contributed by atoms with Gasteiger partial charge in [-0.05, 0) is 6.92 Å². The zero-order valence-electron chi connectivity index (χ0n) is 9.99. The molecule has 98 valence electrons. The molecule has 0 aliphatic rings. The van der Waals surface area contributed by atoms with Gasteiger partial charge in [-0.3, -0.25) is 9.59 Å². The van der Waals surface area contributed by atoms with Crippen molar-refractivity contribution in [3.05, 3.63) is 0 Å². The topological polar surface area (TPSA) is 84.5 Å². The largest absolute Gasteiger partial charge is 0.464 e. The summed E-state index contributed by atoms with van der Waals surface area (Å²) in [5.74, 6) is -0.861. The predicted molar refractivity (Wildman–Crippen MR) is 65.7 cm³/mol. The maximum Gasteiger partial charge on any atom is 0.329 e. The van der Waals surface area contributed by atoms with Gasteiger partial charge in [-0.25, -0.2) is 4.79 Å². The molecule has 0 rings (SSSR count). The number of amides is 2. The normalized spacial score (nSPS) is 11.5. The van der Waals surface area contributed by atoms with Crippen LogP contribution in [0.3, 0.4) is 0 Å². The minimum atomic E-state index is -0.747. The van der Waals surface area contributed by atoms with Gasteiger partial charge >= 0.3 is 5.97 Å². The summed E-state index contributed by atoms with van der Waals surface area (Å²) >= 11 is 3.96. The van der Waals surface area contributed by atoms with Gasteiger partial charge in [-0.15, -0.1) is 0 Å². The average molecular weight is 262 g/mol. The Morgan fingerprint density at radius 2 is 2.00 bits per heavy atom. The number of carbonyl (C=O) groups excluding carboxylic acids is 3. The van der Waals surface area contributed by atoms with E-state index in [2.05, 4.69) is 23.3 Å². The van der Waals surface area contributed by atoms with Crippen LogP contribution in [0.25, 0.3) is 0 Å². The fraction of sp³-hybridized carbons (Fsp3) is 0.700. The fourth-order valence-electron chi connectivity index (χ4n) is 1.04. The molecular formula is C10H18N2O4S. The van der Waals surface area contributed by atoms with Crippen molar-refractivity contribution in [3.8, 4) is 0 Å². The van der Waals surface area contributed by atoms with Crippen molar-refractivity contribution in [1.82, 2.24) is 10.6 Å². The van der Waals surface area contributed by atoms with Crippen LogP contribution in [0.2, 0.25) is 0 Å². The third-order valence-electron chi connectivity index (χ3n) is 1.81. The molecule has 0 radical (unpaired) electrons. The van der Waals surface area contributed by atoms with E-state index in [4.69, 9.17) is 4.74 Å². The first-order valence-corrected chi connectivity index (χ1v) is 5.95. The molecule has 0 spiro atoms. The van der Waals surface area contributed by atoms with E-state index in [-0.39, 0.29) is 37.1 Å². The summed E-state index contributed by atoms with van der Waals surface area (Å²) in [6, 6.07) is -0.747. The molecule has 2 N–H and O–H groups in total. The van der Waals surface area contributed by atoms with E-state index in [9.17, 15) is 14.4 Å². The van der Waals surface area contributed by atoms with Crippen molar-refractivity contribution in [2.24, 2.45) is 0 Å². The van der Waals surface area contributed by atoms with Crippen molar-refractivity contribution in [2.45, 2.75) is 26.3 Å². The molecule has 0 heterocycles. The molecule has 0 aromatic heterocycles. The van der Waals surface area contributed by atoms with Gasteiger partial charge in [-0.2, -0.15) is 12.6 Å². The number of carbonyl (C=O) groups is 3. The molecule has 2 amide bonds. The van der Waals surface area contributed by atoms with E-state index in [0.717, 1.165) is 0 Å². The van der Waals surface area contributed by atoms with Crippen LogP contribution in [-0.2, 0) is 19.1 Å². The van der Waals surface area contributed by atoms with Crippen LogP contribution in [0.5, 0.6) is 0 Å². The van der Waals surface area contributed by atoms with Crippen LogP contribution in [0.4, 0.5) is 0 Å². The van der Waals surface area contributed by atoms with Crippen molar-refractivity contribution >= 4 is 30.4 Å². The van der Waals surface area contributed by atoms with Crippen LogP contribution in [0.1, 0.15) is 20.3 Å². The predicted octanol–water partition coefficient (Wildman–Crippen LogP) is -0.510. The lowest BCUT2D eigenvalue weighted by Crippen LogP contribution is -2.44. The van der Waals surface area contributed by atoms with Crippen LogP contribution >= 0.6 is 12.6 Å². The number of esters is 1. The number of thiol groups is 1. The molecule has 6 nitrogen and oxygen atoms in total. The summed E-state index contributed by atoms with van der Waals surface area (Å²) < 4.78 is 4.77. The highest BCUT2D eigenvalue weighted by atomic mass is 32.1. The molecular weight excluding hydrogens is 244 g/mol. The fourth-order valence-corrected chi connectivity index (χ4v) is 1.28. The Morgan fingerprint density at radius 1 is 1.35 bits per heavy atom. The van der Waals surface area contributed by atoms with E-state index >= 15 is 0 Å². The van der Waals surface area contributed by atoms with Gasteiger partial charge < -0.3 is 15.4 Å². The van der Waals surface area contributed by atoms with Gasteiger partial charge in [0.25, 0.3) is 0 Å². The SMILES string of the molecule is CCOC(=O)C(CS)NC(=O)CCNC(C)=O. The second-order valence-corrected chi connectivity index (χ2v) is 3.65. The maximum atomic E-state index is 11.4. The lowest BCUT2D eigenvalue weighted by molar-refractivity contribution is -0.146. The summed E-state index contributed by atoms with van der Waals surface area (Å²) in [6.07, 6.45) is 0.114. The van der Waals surface area contributed by atoms with Crippen molar-refractivity contribution in [1.29, 1.82) is 0 Å². The molecule has 0 bridgehead atoms. The monoisotopic (exact) mass is 262 g/mol. The smallest absolute Gasteiger partial charge is 0.329 e. The summed E-state index contributed by atoms with van der Waals surface area (Å²) in [5.41, 5.74) is 0. The number of ether oxygens (including phenoxy) is 1. The van der Waals surface area contributed by atoms with Crippen LogP contribution in [-0.4, -0.2) is 42.7 Å². The first-order valence-electron chi connectivity index (χ1n) is 5.32. The quantitative estimate of drug-likeness (QED) is 0.426. The minimum absolute atomic E-state index is 0.114. The molecule has 0 saturated carbocycles. The Balaban J connectivity index is 3.97. The highest BCUT2D eigenvalue weighted by Crippen LogP contribution is 1.94. The van der Waals surface area contributed by atoms with E-state index < -0.39 is 12.0 Å². The molecule has 1 unspecified atom stereocenters. The summed E-state index contributed by atoms with van der Waals surface area (Å²) in [4.78, 5) is 33.3. The number of hydrogen-bond donors (Lipinski definition) is 3. The molecule has 7 heteroatoms. The zero-order valence-corrected chi connectivity index (χ0v) is 10.9. The number of nitrogens with one attached hydrogen (secondary N) is 2. The van der Waals surface area contributed by atoms with Gasteiger partial charge in [-0.1, -0.05) is 0 Å². The van der Waals surface area contributed by atoms with Crippen LogP contribution in [0, 0.1) is 0 Å². The summed E-state index contributed by atoms with van der Waals surface area (Å²) in [6.45, 7) is 3.55. The molecule has 0 fully saturated rings. The van der Waals surface area contributed by atoms with Crippen molar-refractivity contribution < 1.29 is 19.1 Å².